The largest absolute Gasteiger partial charge is 0.489 e. The summed E-state index contributed by atoms with van der Waals surface area (Å²) in [5, 5.41) is 9.05. The van der Waals surface area contributed by atoms with Crippen LogP contribution in [-0.4, -0.2) is 39.4 Å². The second-order valence-corrected chi connectivity index (χ2v) is 9.94. The van der Waals surface area contributed by atoms with Crippen LogP contribution in [0.5, 0.6) is 11.5 Å². The molecule has 6 nitrogen and oxygen atoms in total. The smallest absolute Gasteiger partial charge is 0.323 e. The van der Waals surface area contributed by atoms with Crippen molar-refractivity contribution < 1.29 is 24.2 Å². The third-order valence-electron chi connectivity index (χ3n) is 5.53. The zero-order valence-corrected chi connectivity index (χ0v) is 21.3. The predicted molar refractivity (Wildman–Crippen MR) is 145 cm³/mol. The molecule has 1 amide bonds. The Labute approximate surface area is 219 Å². The number of thiocarbonyl (C=S) groups is 1. The molecular formula is C28H25NO5S2. The van der Waals surface area contributed by atoms with E-state index >= 15 is 0 Å². The quantitative estimate of drug-likeness (QED) is 0.271. The monoisotopic (exact) mass is 519 g/mol. The molecule has 1 heterocycles. The fraction of sp³-hybridized carbons (Fsp3) is 0.179. The third kappa shape index (κ3) is 6.53. The highest BCUT2D eigenvalue weighted by atomic mass is 32.2. The van der Waals surface area contributed by atoms with Crippen molar-refractivity contribution in [2.45, 2.75) is 19.4 Å². The Morgan fingerprint density at radius 3 is 2.42 bits per heavy atom. The Kier molecular flexibility index (Phi) is 8.40. The number of thioether (sulfide) groups is 1. The molecular weight excluding hydrogens is 494 g/mol. The Balaban J connectivity index is 1.55. The fourth-order valence-electron chi connectivity index (χ4n) is 3.60. The van der Waals surface area contributed by atoms with Crippen molar-refractivity contribution in [2.24, 2.45) is 0 Å². The molecule has 0 saturated carbocycles. The maximum atomic E-state index is 12.7. The van der Waals surface area contributed by atoms with Crippen LogP contribution in [0.1, 0.15) is 29.5 Å². The van der Waals surface area contributed by atoms with Crippen molar-refractivity contribution in [3.05, 3.63) is 100 Å². The molecule has 0 unspecified atom stereocenters. The van der Waals surface area contributed by atoms with Crippen molar-refractivity contribution in [2.75, 3.05) is 13.2 Å². The summed E-state index contributed by atoms with van der Waals surface area (Å²) in [6.07, 6.45) is 1.69. The van der Waals surface area contributed by atoms with Crippen molar-refractivity contribution in [3.63, 3.8) is 0 Å². The zero-order chi connectivity index (χ0) is 25.5. The van der Waals surface area contributed by atoms with E-state index in [0.29, 0.717) is 29.6 Å². The molecule has 0 spiro atoms. The Bertz CT molecular complexity index is 1280. The number of carbonyl (C=O) groups excluding carboxylic acids is 1. The number of amides is 1. The van der Waals surface area contributed by atoms with Crippen LogP contribution in [0.25, 0.3) is 6.08 Å². The van der Waals surface area contributed by atoms with Gasteiger partial charge < -0.3 is 14.6 Å². The van der Waals surface area contributed by atoms with Gasteiger partial charge in [-0.2, -0.15) is 0 Å². The van der Waals surface area contributed by atoms with Gasteiger partial charge >= 0.3 is 5.97 Å². The van der Waals surface area contributed by atoms with Crippen LogP contribution in [0.15, 0.2) is 83.8 Å². The highest BCUT2D eigenvalue weighted by molar-refractivity contribution is 8.26. The number of benzene rings is 3. The molecule has 3 aromatic carbocycles. The number of carbonyl (C=O) groups is 2. The lowest BCUT2D eigenvalue weighted by molar-refractivity contribution is -0.140. The number of hydrogen-bond donors (Lipinski definition) is 1. The van der Waals surface area contributed by atoms with Gasteiger partial charge in [-0.15, -0.1) is 0 Å². The number of carboxylic acid groups (broad SMARTS) is 1. The lowest BCUT2D eigenvalue weighted by Gasteiger charge is -2.17. The highest BCUT2D eigenvalue weighted by Gasteiger charge is 2.33. The molecule has 0 aliphatic carbocycles. The van der Waals surface area contributed by atoms with E-state index in [1.807, 2.05) is 66.7 Å². The molecule has 1 atom stereocenters. The molecule has 8 heteroatoms. The van der Waals surface area contributed by atoms with E-state index in [1.165, 1.54) is 5.56 Å². The van der Waals surface area contributed by atoms with Crippen LogP contribution in [0.4, 0.5) is 0 Å². The molecule has 0 bridgehead atoms. The number of hydrogen-bond acceptors (Lipinski definition) is 6. The minimum atomic E-state index is -1.12. The summed E-state index contributed by atoms with van der Waals surface area (Å²) in [7, 11) is 0. The van der Waals surface area contributed by atoms with Crippen molar-refractivity contribution in [1.82, 2.24) is 4.90 Å². The number of nitrogens with zero attached hydrogens (tertiary/aromatic N) is 1. The minimum Gasteiger partial charge on any atom is -0.489 e. The summed E-state index contributed by atoms with van der Waals surface area (Å²) in [5.41, 5.74) is 2.92. The maximum absolute atomic E-state index is 12.7. The highest BCUT2D eigenvalue weighted by Crippen LogP contribution is 2.35. The molecule has 1 saturated heterocycles. The van der Waals surface area contributed by atoms with Crippen molar-refractivity contribution in [1.29, 1.82) is 0 Å². The number of ether oxygens (including phenoxy) is 2. The van der Waals surface area contributed by atoms with Crippen LogP contribution >= 0.6 is 24.0 Å². The third-order valence-corrected chi connectivity index (χ3v) is 6.90. The van der Waals surface area contributed by atoms with Gasteiger partial charge in [0.15, 0.2) is 11.5 Å². The van der Waals surface area contributed by atoms with Gasteiger partial charge in [0.05, 0.1) is 11.5 Å². The van der Waals surface area contributed by atoms with Crippen LogP contribution in [-0.2, 0) is 16.2 Å². The normalized spacial score (nSPS) is 15.2. The van der Waals surface area contributed by atoms with Gasteiger partial charge in [0.1, 0.15) is 17.5 Å². The van der Waals surface area contributed by atoms with E-state index in [9.17, 15) is 9.59 Å². The summed E-state index contributed by atoms with van der Waals surface area (Å²) in [5.74, 6) is -0.201. The number of aliphatic carboxylic acids is 1. The first-order valence-corrected chi connectivity index (χ1v) is 12.6. The summed E-state index contributed by atoms with van der Waals surface area (Å²) in [6.45, 7) is 2.47. The van der Waals surface area contributed by atoms with Gasteiger partial charge in [0, 0.05) is 5.92 Å². The lowest BCUT2D eigenvalue weighted by Crippen LogP contribution is -2.33. The van der Waals surface area contributed by atoms with Crippen LogP contribution in [0, 0.1) is 0 Å². The molecule has 4 rings (SSSR count). The second-order valence-electron chi connectivity index (χ2n) is 8.26. The molecule has 0 radical (unpaired) electrons. The predicted octanol–water partition coefficient (Wildman–Crippen LogP) is 5.73. The van der Waals surface area contributed by atoms with Crippen molar-refractivity contribution in [3.8, 4) is 11.5 Å². The average molecular weight is 520 g/mol. The first kappa shape index (κ1) is 25.5. The van der Waals surface area contributed by atoms with Gasteiger partial charge in [-0.1, -0.05) is 97.6 Å². The Morgan fingerprint density at radius 1 is 1.03 bits per heavy atom. The molecule has 1 aliphatic heterocycles. The lowest BCUT2D eigenvalue weighted by atomic mass is 10.0. The van der Waals surface area contributed by atoms with E-state index in [4.69, 9.17) is 26.8 Å². The van der Waals surface area contributed by atoms with E-state index in [-0.39, 0.29) is 10.2 Å². The molecule has 1 N–H and O–H groups in total. The molecule has 1 aliphatic rings. The standard InChI is InChI=1S/C28H25NO5S2/c1-19(22-10-6-3-7-11-22)17-33-23-13-12-21(14-24(23)34-18-20-8-4-2-5-9-20)15-25-27(32)29(16-26(30)31)28(35)36-25/h2-15,19H,16-18H2,1H3,(H,30,31)/b25-15-/t19-/m0/s1. The van der Waals surface area contributed by atoms with Crippen LogP contribution < -0.4 is 9.47 Å². The van der Waals surface area contributed by atoms with Gasteiger partial charge in [0.2, 0.25) is 0 Å². The zero-order valence-electron chi connectivity index (χ0n) is 19.6. The SMILES string of the molecule is C[C@@H](COc1ccc(/C=C2\SC(=S)N(CC(=O)O)C2=O)cc1OCc1ccccc1)c1ccccc1. The Morgan fingerprint density at radius 2 is 1.72 bits per heavy atom. The van der Waals surface area contributed by atoms with Crippen molar-refractivity contribution >= 4 is 46.3 Å². The molecule has 1 fully saturated rings. The van der Waals surface area contributed by atoms with E-state index in [1.54, 1.807) is 6.08 Å². The van der Waals surface area contributed by atoms with Gasteiger partial charge in [-0.05, 0) is 34.9 Å². The fourth-order valence-corrected chi connectivity index (χ4v) is 4.85. The molecule has 184 valence electrons. The minimum absolute atomic E-state index is 0.184. The summed E-state index contributed by atoms with van der Waals surface area (Å²) in [6, 6.07) is 25.4. The first-order valence-electron chi connectivity index (χ1n) is 11.4. The van der Waals surface area contributed by atoms with Gasteiger partial charge in [-0.3, -0.25) is 14.5 Å². The number of carboxylic acids is 1. The molecule has 36 heavy (non-hydrogen) atoms. The van der Waals surface area contributed by atoms with Gasteiger partial charge in [-0.25, -0.2) is 0 Å². The van der Waals surface area contributed by atoms with Crippen LogP contribution in [0.2, 0.25) is 0 Å². The number of rotatable bonds is 10. The average Bonchev–Trinajstić information content (AvgIpc) is 3.14. The summed E-state index contributed by atoms with van der Waals surface area (Å²) in [4.78, 5) is 25.2. The van der Waals surface area contributed by atoms with Crippen LogP contribution in [0.3, 0.4) is 0 Å². The Hall–Kier alpha value is -3.62. The second kappa shape index (κ2) is 11.9. The summed E-state index contributed by atoms with van der Waals surface area (Å²) >= 11 is 6.27. The first-order chi connectivity index (χ1) is 17.4. The van der Waals surface area contributed by atoms with E-state index in [0.717, 1.165) is 27.8 Å². The van der Waals surface area contributed by atoms with E-state index < -0.39 is 18.4 Å². The maximum Gasteiger partial charge on any atom is 0.323 e. The molecule has 0 aromatic heterocycles. The summed E-state index contributed by atoms with van der Waals surface area (Å²) < 4.78 is 12.5. The van der Waals surface area contributed by atoms with Gasteiger partial charge in [0.25, 0.3) is 5.91 Å². The molecule has 3 aromatic rings. The van der Waals surface area contributed by atoms with E-state index in [2.05, 4.69) is 19.1 Å². The topological polar surface area (TPSA) is 76.1 Å².